The lowest BCUT2D eigenvalue weighted by Crippen LogP contribution is -2.32. The van der Waals surface area contributed by atoms with Crippen LogP contribution in [0, 0.1) is 5.92 Å². The zero-order valence-corrected chi connectivity index (χ0v) is 11.9. The summed E-state index contributed by atoms with van der Waals surface area (Å²) in [6.45, 7) is 7.75. The molecule has 106 valence electrons. The summed E-state index contributed by atoms with van der Waals surface area (Å²) in [6.07, 6.45) is 9.11. The van der Waals surface area contributed by atoms with Gasteiger partial charge in [0.1, 0.15) is 0 Å². The van der Waals surface area contributed by atoms with Crippen LogP contribution in [0.3, 0.4) is 0 Å². The molecule has 2 heterocycles. The fourth-order valence-corrected chi connectivity index (χ4v) is 3.14. The Kier molecular flexibility index (Phi) is 6.46. The highest BCUT2D eigenvalue weighted by Gasteiger charge is 2.19. The van der Waals surface area contributed by atoms with Crippen molar-refractivity contribution in [3.8, 4) is 0 Å². The SMILES string of the molecule is CCCC1CCCN(CCC2OCCCO2)CC1. The molecule has 0 aliphatic carbocycles. The van der Waals surface area contributed by atoms with Crippen LogP contribution < -0.4 is 0 Å². The Balaban J connectivity index is 1.63. The van der Waals surface area contributed by atoms with Gasteiger partial charge in [-0.1, -0.05) is 19.8 Å². The molecule has 0 aromatic rings. The standard InChI is InChI=1S/C15H29NO2/c1-2-5-14-6-3-9-16(10-7-14)11-8-15-17-12-4-13-18-15/h14-15H,2-13H2,1H3. The number of rotatable bonds is 5. The van der Waals surface area contributed by atoms with Crippen LogP contribution in [0.15, 0.2) is 0 Å². The van der Waals surface area contributed by atoms with Crippen molar-refractivity contribution in [3.63, 3.8) is 0 Å². The topological polar surface area (TPSA) is 21.7 Å². The molecule has 2 fully saturated rings. The lowest BCUT2D eigenvalue weighted by molar-refractivity contribution is -0.182. The van der Waals surface area contributed by atoms with Gasteiger partial charge in [0.15, 0.2) is 6.29 Å². The molecule has 3 heteroatoms. The smallest absolute Gasteiger partial charge is 0.158 e. The summed E-state index contributed by atoms with van der Waals surface area (Å²) in [4.78, 5) is 2.61. The predicted octanol–water partition coefficient (Wildman–Crippen LogP) is 3.04. The zero-order chi connectivity index (χ0) is 12.6. The van der Waals surface area contributed by atoms with Crippen molar-refractivity contribution in [1.82, 2.24) is 4.90 Å². The first kappa shape index (κ1) is 14.3. The van der Waals surface area contributed by atoms with Gasteiger partial charge in [-0.2, -0.15) is 0 Å². The zero-order valence-electron chi connectivity index (χ0n) is 11.9. The van der Waals surface area contributed by atoms with Crippen molar-refractivity contribution in [2.24, 2.45) is 5.92 Å². The average molecular weight is 255 g/mol. The summed E-state index contributed by atoms with van der Waals surface area (Å²) in [7, 11) is 0. The fraction of sp³-hybridized carbons (Fsp3) is 1.00. The Labute approximate surface area is 112 Å². The number of ether oxygens (including phenoxy) is 2. The van der Waals surface area contributed by atoms with E-state index < -0.39 is 0 Å². The Bertz CT molecular complexity index is 217. The quantitative estimate of drug-likeness (QED) is 0.753. The molecule has 0 radical (unpaired) electrons. The van der Waals surface area contributed by atoms with Gasteiger partial charge in [-0.3, -0.25) is 0 Å². The molecule has 0 saturated carbocycles. The van der Waals surface area contributed by atoms with Crippen LogP contribution in [0.5, 0.6) is 0 Å². The van der Waals surface area contributed by atoms with E-state index >= 15 is 0 Å². The molecule has 2 rings (SSSR count). The number of hydrogen-bond donors (Lipinski definition) is 0. The van der Waals surface area contributed by atoms with E-state index in [1.54, 1.807) is 0 Å². The summed E-state index contributed by atoms with van der Waals surface area (Å²) in [6, 6.07) is 0. The minimum Gasteiger partial charge on any atom is -0.353 e. The second kappa shape index (κ2) is 8.13. The summed E-state index contributed by atoms with van der Waals surface area (Å²) >= 11 is 0. The highest BCUT2D eigenvalue weighted by Crippen LogP contribution is 2.22. The van der Waals surface area contributed by atoms with E-state index in [9.17, 15) is 0 Å². The van der Waals surface area contributed by atoms with E-state index in [1.807, 2.05) is 0 Å². The molecule has 0 N–H and O–H groups in total. The molecule has 0 spiro atoms. The molecular formula is C15H29NO2. The fourth-order valence-electron chi connectivity index (χ4n) is 3.14. The molecule has 18 heavy (non-hydrogen) atoms. The van der Waals surface area contributed by atoms with Crippen LogP contribution in [-0.2, 0) is 9.47 Å². The molecule has 1 atom stereocenters. The molecule has 2 aliphatic rings. The normalized spacial score (nSPS) is 28.2. The van der Waals surface area contributed by atoms with Gasteiger partial charge in [0.25, 0.3) is 0 Å². The van der Waals surface area contributed by atoms with Crippen molar-refractivity contribution in [2.75, 3.05) is 32.8 Å². The van der Waals surface area contributed by atoms with Crippen LogP contribution in [0.4, 0.5) is 0 Å². The summed E-state index contributed by atoms with van der Waals surface area (Å²) < 4.78 is 11.2. The maximum absolute atomic E-state index is 5.61. The van der Waals surface area contributed by atoms with Gasteiger partial charge in [-0.15, -0.1) is 0 Å². The van der Waals surface area contributed by atoms with Crippen LogP contribution in [0.2, 0.25) is 0 Å². The third kappa shape index (κ3) is 4.87. The minimum absolute atomic E-state index is 0.0634. The van der Waals surface area contributed by atoms with Crippen molar-refractivity contribution in [2.45, 2.75) is 58.2 Å². The van der Waals surface area contributed by atoms with E-state index in [2.05, 4.69) is 11.8 Å². The molecule has 2 saturated heterocycles. The third-order valence-corrected chi connectivity index (χ3v) is 4.21. The molecule has 1 unspecified atom stereocenters. The average Bonchev–Trinajstić information content (AvgIpc) is 2.64. The van der Waals surface area contributed by atoms with E-state index in [0.717, 1.165) is 38.5 Å². The van der Waals surface area contributed by atoms with Crippen LogP contribution in [0.25, 0.3) is 0 Å². The second-order valence-electron chi connectivity index (χ2n) is 5.74. The van der Waals surface area contributed by atoms with Gasteiger partial charge in [0.05, 0.1) is 13.2 Å². The van der Waals surface area contributed by atoms with Gasteiger partial charge in [0.2, 0.25) is 0 Å². The molecule has 0 aromatic heterocycles. The molecular weight excluding hydrogens is 226 g/mol. The summed E-state index contributed by atoms with van der Waals surface area (Å²) in [5.74, 6) is 0.974. The van der Waals surface area contributed by atoms with Gasteiger partial charge in [0, 0.05) is 13.0 Å². The second-order valence-corrected chi connectivity index (χ2v) is 5.74. The Hall–Kier alpha value is -0.120. The van der Waals surface area contributed by atoms with E-state index in [4.69, 9.17) is 9.47 Å². The molecule has 3 nitrogen and oxygen atoms in total. The first-order chi connectivity index (χ1) is 8.88. The Morgan fingerprint density at radius 1 is 1.00 bits per heavy atom. The van der Waals surface area contributed by atoms with Crippen LogP contribution in [-0.4, -0.2) is 44.0 Å². The monoisotopic (exact) mass is 255 g/mol. The Morgan fingerprint density at radius 2 is 1.83 bits per heavy atom. The molecule has 2 aliphatic heterocycles. The summed E-state index contributed by atoms with van der Waals surface area (Å²) in [5.41, 5.74) is 0. The largest absolute Gasteiger partial charge is 0.353 e. The highest BCUT2D eigenvalue weighted by molar-refractivity contribution is 4.70. The van der Waals surface area contributed by atoms with Crippen LogP contribution >= 0.6 is 0 Å². The first-order valence-electron chi connectivity index (χ1n) is 7.84. The molecule has 0 aromatic carbocycles. The van der Waals surface area contributed by atoms with Crippen molar-refractivity contribution in [1.29, 1.82) is 0 Å². The predicted molar refractivity (Wildman–Crippen MR) is 73.6 cm³/mol. The third-order valence-electron chi connectivity index (χ3n) is 4.21. The molecule has 0 amide bonds. The number of hydrogen-bond acceptors (Lipinski definition) is 3. The van der Waals surface area contributed by atoms with Crippen molar-refractivity contribution < 1.29 is 9.47 Å². The van der Waals surface area contributed by atoms with Gasteiger partial charge in [-0.25, -0.2) is 0 Å². The van der Waals surface area contributed by atoms with Crippen molar-refractivity contribution in [3.05, 3.63) is 0 Å². The lowest BCUT2D eigenvalue weighted by Gasteiger charge is -2.26. The Morgan fingerprint density at radius 3 is 2.61 bits per heavy atom. The van der Waals surface area contributed by atoms with Gasteiger partial charge < -0.3 is 14.4 Å². The lowest BCUT2D eigenvalue weighted by atomic mass is 9.96. The number of likely N-dealkylation sites (tertiary alicyclic amines) is 1. The van der Waals surface area contributed by atoms with Gasteiger partial charge in [-0.05, 0) is 44.7 Å². The number of nitrogens with zero attached hydrogens (tertiary/aromatic N) is 1. The van der Waals surface area contributed by atoms with E-state index in [-0.39, 0.29) is 6.29 Å². The summed E-state index contributed by atoms with van der Waals surface area (Å²) in [5, 5.41) is 0. The van der Waals surface area contributed by atoms with Gasteiger partial charge >= 0.3 is 0 Å². The van der Waals surface area contributed by atoms with Crippen LogP contribution in [0.1, 0.15) is 51.9 Å². The minimum atomic E-state index is 0.0634. The maximum Gasteiger partial charge on any atom is 0.158 e. The highest BCUT2D eigenvalue weighted by atomic mass is 16.7. The molecule has 0 bridgehead atoms. The first-order valence-corrected chi connectivity index (χ1v) is 7.84. The van der Waals surface area contributed by atoms with E-state index in [0.29, 0.717) is 0 Å². The van der Waals surface area contributed by atoms with Crippen molar-refractivity contribution >= 4 is 0 Å². The van der Waals surface area contributed by atoms with E-state index in [1.165, 1.54) is 45.2 Å². The maximum atomic E-state index is 5.61.